The van der Waals surface area contributed by atoms with Gasteiger partial charge in [0.1, 0.15) is 11.9 Å². The molecule has 0 bridgehead atoms. The van der Waals surface area contributed by atoms with Crippen molar-refractivity contribution in [3.05, 3.63) is 75.4 Å². The molecule has 12 heteroatoms. The lowest BCUT2D eigenvalue weighted by Crippen LogP contribution is -2.70. The maximum Gasteiger partial charge on any atom is 0.166 e. The van der Waals surface area contributed by atoms with Gasteiger partial charge in [-0.1, -0.05) is 23.2 Å². The third kappa shape index (κ3) is 5.70. The summed E-state index contributed by atoms with van der Waals surface area (Å²) in [5.74, 6) is 0.215. The average Bonchev–Trinajstić information content (AvgIpc) is 2.87. The zero-order valence-electron chi connectivity index (χ0n) is 22.6. The number of pyridine rings is 2. The van der Waals surface area contributed by atoms with Crippen molar-refractivity contribution in [3.8, 4) is 5.75 Å². The van der Waals surface area contributed by atoms with E-state index in [1.54, 1.807) is 25.1 Å². The van der Waals surface area contributed by atoms with Crippen molar-refractivity contribution in [2.24, 2.45) is 0 Å². The molecule has 0 aliphatic carbocycles. The number of nitrogens with two attached hydrogens (primary N) is 1. The summed E-state index contributed by atoms with van der Waals surface area (Å²) in [6.45, 7) is 8.72. The fourth-order valence-corrected chi connectivity index (χ4v) is 7.63. The zero-order chi connectivity index (χ0) is 28.8. The van der Waals surface area contributed by atoms with Crippen molar-refractivity contribution in [3.63, 3.8) is 0 Å². The summed E-state index contributed by atoms with van der Waals surface area (Å²) in [7, 11) is -2.01. The van der Waals surface area contributed by atoms with Crippen molar-refractivity contribution < 1.29 is 13.7 Å². The second-order valence-electron chi connectivity index (χ2n) is 11.0. The number of ether oxygens (including phenoxy) is 1. The summed E-state index contributed by atoms with van der Waals surface area (Å²) in [5.41, 5.74) is 7.76. The van der Waals surface area contributed by atoms with E-state index >= 15 is 4.39 Å². The van der Waals surface area contributed by atoms with Crippen LogP contribution in [0.4, 0.5) is 15.9 Å². The number of rotatable bonds is 7. The van der Waals surface area contributed by atoms with Crippen molar-refractivity contribution >= 4 is 47.6 Å². The molecule has 3 N–H and O–H groups in total. The third-order valence-corrected chi connectivity index (χ3v) is 10.7. The van der Waals surface area contributed by atoms with E-state index in [1.807, 2.05) is 11.6 Å². The second kappa shape index (κ2) is 10.9. The molecule has 1 atom stereocenters. The van der Waals surface area contributed by atoms with E-state index < -0.39 is 19.1 Å². The van der Waals surface area contributed by atoms with Crippen molar-refractivity contribution in [2.45, 2.75) is 25.5 Å². The quantitative estimate of drug-likeness (QED) is 0.195. The maximum atomic E-state index is 15.3. The number of nitrogens with zero attached hydrogens (tertiary/aromatic N) is 4. The number of benzene rings is 1. The third-order valence-electron chi connectivity index (χ3n) is 7.83. The van der Waals surface area contributed by atoms with Crippen molar-refractivity contribution in [1.29, 1.82) is 5.41 Å². The molecule has 40 heavy (non-hydrogen) atoms. The predicted octanol–water partition coefficient (Wildman–Crippen LogP) is 5.95. The van der Waals surface area contributed by atoms with E-state index in [0.717, 1.165) is 25.4 Å². The maximum absolute atomic E-state index is 15.3. The van der Waals surface area contributed by atoms with Crippen LogP contribution in [0.15, 0.2) is 42.9 Å². The summed E-state index contributed by atoms with van der Waals surface area (Å²) < 4.78 is 33.7. The highest BCUT2D eigenvalue weighted by atomic mass is 35.5. The number of nitrogens with one attached hydrogen (secondary N) is 1. The van der Waals surface area contributed by atoms with Crippen LogP contribution in [0.25, 0.3) is 0 Å². The van der Waals surface area contributed by atoms with Crippen LogP contribution in [0.3, 0.4) is 0 Å². The molecule has 0 radical (unpaired) electrons. The molecule has 8 nitrogen and oxygen atoms in total. The zero-order valence-corrected chi connectivity index (χ0v) is 25.0. The minimum absolute atomic E-state index is 0.0271. The number of halogens is 3. The minimum Gasteiger partial charge on any atom is -0.486 e. The minimum atomic E-state index is -2.01. The van der Waals surface area contributed by atoms with Crippen LogP contribution in [-0.2, 0) is 4.57 Å². The van der Waals surface area contributed by atoms with E-state index in [-0.39, 0.29) is 17.1 Å². The number of aromatic nitrogens is 2. The molecule has 1 aromatic carbocycles. The Morgan fingerprint density at radius 3 is 2.45 bits per heavy atom. The predicted molar refractivity (Wildman–Crippen MR) is 160 cm³/mol. The Balaban J connectivity index is 1.29. The van der Waals surface area contributed by atoms with E-state index in [9.17, 15) is 4.57 Å². The standard InChI is InChI=1S/C28H32Cl2FN6O2P/c1-17(25-21(29)13-34-14-22(25)30)39-19-4-5-24(32)20(11-19)26(33)18-10-23(31)27(35-12-18)36-15-28(2,16-36)37-6-8-40(3,38)9-7-37/h4-5,10-14,17,33H,6-9,15-16,32H2,1-3H3/t17-/m1/s1. The molecule has 0 spiro atoms. The van der Waals surface area contributed by atoms with Gasteiger partial charge in [0.05, 0.1) is 28.4 Å². The summed E-state index contributed by atoms with van der Waals surface area (Å²) in [6, 6.07) is 6.28. The van der Waals surface area contributed by atoms with Gasteiger partial charge in [-0.2, -0.15) is 0 Å². The molecule has 2 aliphatic heterocycles. The lowest BCUT2D eigenvalue weighted by Gasteiger charge is -2.56. The fourth-order valence-electron chi connectivity index (χ4n) is 5.41. The summed E-state index contributed by atoms with van der Waals surface area (Å²) in [5, 5.41) is 9.52. The molecule has 2 aliphatic rings. The second-order valence-corrected chi connectivity index (χ2v) is 15.3. The normalized spacial score (nSPS) is 19.1. The molecule has 5 rings (SSSR count). The van der Waals surface area contributed by atoms with Crippen LogP contribution in [-0.4, -0.2) is 71.3 Å². The molecular formula is C28H32Cl2FN6O2P. The molecule has 0 unspecified atom stereocenters. The molecule has 2 saturated heterocycles. The molecule has 3 aromatic rings. The largest absolute Gasteiger partial charge is 0.486 e. The number of anilines is 2. The molecule has 2 fully saturated rings. The number of hydrogen-bond acceptors (Lipinski definition) is 8. The lowest BCUT2D eigenvalue weighted by atomic mass is 9.89. The Bertz CT molecular complexity index is 1480. The van der Waals surface area contributed by atoms with Gasteiger partial charge in [-0.15, -0.1) is 0 Å². The van der Waals surface area contributed by atoms with Crippen LogP contribution in [0.5, 0.6) is 5.75 Å². The molecule has 212 valence electrons. The Labute approximate surface area is 243 Å². The summed E-state index contributed by atoms with van der Waals surface area (Å²) in [6.07, 6.45) is 5.45. The first-order valence-corrected chi connectivity index (χ1v) is 16.3. The number of hydrogen-bond donors (Lipinski definition) is 2. The molecule has 4 heterocycles. The average molecular weight is 605 g/mol. The van der Waals surface area contributed by atoms with Crippen LogP contribution in [0.1, 0.15) is 36.6 Å². The van der Waals surface area contributed by atoms with Crippen LogP contribution >= 0.6 is 30.3 Å². The Morgan fingerprint density at radius 1 is 1.18 bits per heavy atom. The van der Waals surface area contributed by atoms with Gasteiger partial charge in [-0.05, 0) is 44.8 Å². The van der Waals surface area contributed by atoms with Crippen LogP contribution in [0.2, 0.25) is 10.0 Å². The summed E-state index contributed by atoms with van der Waals surface area (Å²) >= 11 is 12.5. The summed E-state index contributed by atoms with van der Waals surface area (Å²) in [4.78, 5) is 12.6. The Kier molecular flexibility index (Phi) is 7.87. The SMILES string of the molecule is C[C@@H](Oc1ccc(N)c(C(=N)c2cnc(N3CC(C)(N4CCP(C)(=O)CC4)C3)c(F)c2)c1)c1c(Cl)cncc1Cl. The highest BCUT2D eigenvalue weighted by Crippen LogP contribution is 2.45. The van der Waals surface area contributed by atoms with Crippen LogP contribution < -0.4 is 15.4 Å². The van der Waals surface area contributed by atoms with E-state index in [0.29, 0.717) is 51.3 Å². The van der Waals surface area contributed by atoms with Crippen molar-refractivity contribution in [1.82, 2.24) is 14.9 Å². The number of nitrogen functional groups attached to an aromatic ring is 1. The van der Waals surface area contributed by atoms with Gasteiger partial charge < -0.3 is 19.9 Å². The van der Waals surface area contributed by atoms with Crippen LogP contribution in [0, 0.1) is 11.2 Å². The van der Waals surface area contributed by atoms with Gasteiger partial charge in [-0.25, -0.2) is 9.37 Å². The van der Waals surface area contributed by atoms with Gasteiger partial charge in [-0.3, -0.25) is 15.3 Å². The van der Waals surface area contributed by atoms with E-state index in [1.165, 1.54) is 24.7 Å². The van der Waals surface area contributed by atoms with Gasteiger partial charge in [0.2, 0.25) is 0 Å². The lowest BCUT2D eigenvalue weighted by molar-refractivity contribution is 0.0827. The topological polar surface area (TPSA) is 108 Å². The van der Waals surface area contributed by atoms with Crippen molar-refractivity contribution in [2.75, 3.05) is 55.8 Å². The highest BCUT2D eigenvalue weighted by Gasteiger charge is 2.46. The Hall–Kier alpha value is -2.71. The van der Waals surface area contributed by atoms with Gasteiger partial charge >= 0.3 is 0 Å². The van der Waals surface area contributed by atoms with Gasteiger partial charge in [0.15, 0.2) is 11.6 Å². The Morgan fingerprint density at radius 2 is 1.82 bits per heavy atom. The molecular weight excluding hydrogens is 573 g/mol. The monoisotopic (exact) mass is 604 g/mol. The first kappa shape index (κ1) is 28.8. The van der Waals surface area contributed by atoms with Gasteiger partial charge in [0.25, 0.3) is 0 Å². The smallest absolute Gasteiger partial charge is 0.166 e. The molecule has 0 saturated carbocycles. The van der Waals surface area contributed by atoms with Gasteiger partial charge in [0, 0.05) is 79.5 Å². The molecule has 2 aromatic heterocycles. The van der Waals surface area contributed by atoms with E-state index in [2.05, 4.69) is 21.8 Å². The fraction of sp³-hybridized carbons (Fsp3) is 0.393. The highest BCUT2D eigenvalue weighted by molar-refractivity contribution is 7.63. The first-order chi connectivity index (χ1) is 18.9. The first-order valence-electron chi connectivity index (χ1n) is 13.0. The molecule has 0 amide bonds. The van der Waals surface area contributed by atoms with E-state index in [4.69, 9.17) is 39.1 Å².